The van der Waals surface area contributed by atoms with Crippen LogP contribution in [0.2, 0.25) is 0 Å². The van der Waals surface area contributed by atoms with Gasteiger partial charge in [-0.15, -0.1) is 0 Å². The van der Waals surface area contributed by atoms with Gasteiger partial charge in [-0.05, 0) is 25.2 Å². The highest BCUT2D eigenvalue weighted by Gasteiger charge is 2.38. The van der Waals surface area contributed by atoms with E-state index >= 15 is 0 Å². The van der Waals surface area contributed by atoms with E-state index in [4.69, 9.17) is 10.4 Å². The van der Waals surface area contributed by atoms with Crippen LogP contribution in [0.15, 0.2) is 24.3 Å². The Morgan fingerprint density at radius 2 is 2.19 bits per heavy atom. The second-order valence-electron chi connectivity index (χ2n) is 4.49. The molecule has 1 atom stereocenters. The summed E-state index contributed by atoms with van der Waals surface area (Å²) >= 11 is 0. The number of aliphatic hydroxyl groups excluding tert-OH is 1. The molecule has 0 aliphatic heterocycles. The van der Waals surface area contributed by atoms with Crippen molar-refractivity contribution in [1.29, 1.82) is 5.26 Å². The van der Waals surface area contributed by atoms with Gasteiger partial charge >= 0.3 is 6.18 Å². The maximum atomic E-state index is 12.2. The summed E-state index contributed by atoms with van der Waals surface area (Å²) in [5, 5.41) is 20.1. The van der Waals surface area contributed by atoms with Gasteiger partial charge in [0.1, 0.15) is 0 Å². The third kappa shape index (κ3) is 5.81. The zero-order valence-electron chi connectivity index (χ0n) is 11.2. The van der Waals surface area contributed by atoms with E-state index in [0.29, 0.717) is 11.3 Å². The fourth-order valence-corrected chi connectivity index (χ4v) is 1.58. The van der Waals surface area contributed by atoms with Crippen LogP contribution in [0.1, 0.15) is 5.56 Å². The molecule has 21 heavy (non-hydrogen) atoms. The normalized spacial score (nSPS) is 12.8. The number of halogens is 3. The molecule has 8 heteroatoms. The van der Waals surface area contributed by atoms with Gasteiger partial charge in [-0.3, -0.25) is 9.69 Å². The maximum absolute atomic E-state index is 12.2. The summed E-state index contributed by atoms with van der Waals surface area (Å²) in [7, 11) is 1.29. The molecule has 0 spiro atoms. The molecule has 114 valence electrons. The van der Waals surface area contributed by atoms with E-state index in [9.17, 15) is 18.0 Å². The third-order valence-corrected chi connectivity index (χ3v) is 2.55. The third-order valence-electron chi connectivity index (χ3n) is 2.55. The van der Waals surface area contributed by atoms with Gasteiger partial charge in [0.25, 0.3) is 0 Å². The minimum absolute atomic E-state index is 0.316. The van der Waals surface area contributed by atoms with Crippen molar-refractivity contribution < 1.29 is 23.1 Å². The number of anilines is 1. The number of benzene rings is 1. The first-order valence-corrected chi connectivity index (χ1v) is 5.95. The van der Waals surface area contributed by atoms with Crippen LogP contribution in [-0.4, -0.2) is 48.3 Å². The standard InChI is InChI=1S/C13H14F3N3O2/c1-19(7-11(20)13(14,15)16)8-12(21)18-10-4-2-3-9(5-10)6-17/h2-5,11,20H,7-8H2,1H3,(H,18,21). The zero-order chi connectivity index (χ0) is 16.0. The lowest BCUT2D eigenvalue weighted by atomic mass is 10.2. The lowest BCUT2D eigenvalue weighted by Gasteiger charge is -2.21. The van der Waals surface area contributed by atoms with E-state index in [-0.39, 0.29) is 6.54 Å². The highest BCUT2D eigenvalue weighted by Crippen LogP contribution is 2.20. The monoisotopic (exact) mass is 301 g/mol. The molecule has 0 saturated heterocycles. The quantitative estimate of drug-likeness (QED) is 0.861. The predicted octanol–water partition coefficient (Wildman–Crippen LogP) is 1.35. The van der Waals surface area contributed by atoms with Crippen LogP contribution in [0.25, 0.3) is 0 Å². The number of carbonyl (C=O) groups excluding carboxylic acids is 1. The van der Waals surface area contributed by atoms with Crippen LogP contribution in [0.3, 0.4) is 0 Å². The first-order valence-electron chi connectivity index (χ1n) is 5.95. The molecule has 0 aromatic heterocycles. The van der Waals surface area contributed by atoms with Gasteiger partial charge in [0.15, 0.2) is 6.10 Å². The SMILES string of the molecule is CN(CC(=O)Nc1cccc(C#N)c1)CC(O)C(F)(F)F. The molecule has 0 bridgehead atoms. The van der Waals surface area contributed by atoms with Crippen molar-refractivity contribution in [3.8, 4) is 6.07 Å². The minimum atomic E-state index is -4.72. The van der Waals surface area contributed by atoms with Crippen molar-refractivity contribution in [3.63, 3.8) is 0 Å². The Morgan fingerprint density at radius 3 is 2.76 bits per heavy atom. The van der Waals surface area contributed by atoms with Gasteiger partial charge < -0.3 is 10.4 Å². The van der Waals surface area contributed by atoms with Crippen LogP contribution in [0, 0.1) is 11.3 Å². The molecular weight excluding hydrogens is 287 g/mol. The number of nitrogens with one attached hydrogen (secondary N) is 1. The lowest BCUT2D eigenvalue weighted by molar-refractivity contribution is -0.207. The summed E-state index contributed by atoms with van der Waals surface area (Å²) in [6.07, 6.45) is -7.22. The molecule has 0 aliphatic carbocycles. The van der Waals surface area contributed by atoms with Crippen molar-refractivity contribution in [1.82, 2.24) is 4.90 Å². The average molecular weight is 301 g/mol. The average Bonchev–Trinajstić information content (AvgIpc) is 2.37. The van der Waals surface area contributed by atoms with Crippen LogP contribution in [0.4, 0.5) is 18.9 Å². The summed E-state index contributed by atoms with van der Waals surface area (Å²) in [6.45, 7) is -1.01. The Bertz CT molecular complexity index is 540. The van der Waals surface area contributed by atoms with Gasteiger partial charge in [-0.1, -0.05) is 6.07 Å². The van der Waals surface area contributed by atoms with E-state index in [2.05, 4.69) is 5.32 Å². The number of hydrogen-bond donors (Lipinski definition) is 2. The number of rotatable bonds is 5. The topological polar surface area (TPSA) is 76.4 Å². The number of likely N-dealkylation sites (N-methyl/N-ethyl adjacent to an activating group) is 1. The Balaban J connectivity index is 2.52. The molecule has 0 fully saturated rings. The van der Waals surface area contributed by atoms with Crippen molar-refractivity contribution >= 4 is 11.6 Å². The fourth-order valence-electron chi connectivity index (χ4n) is 1.58. The molecule has 1 rings (SSSR count). The van der Waals surface area contributed by atoms with E-state index in [1.165, 1.54) is 13.1 Å². The molecule has 1 aromatic carbocycles. The van der Waals surface area contributed by atoms with Gasteiger partial charge in [0.2, 0.25) is 5.91 Å². The van der Waals surface area contributed by atoms with E-state index < -0.39 is 24.7 Å². The number of nitriles is 1. The molecule has 1 aromatic rings. The highest BCUT2D eigenvalue weighted by molar-refractivity contribution is 5.92. The number of aliphatic hydroxyl groups is 1. The Labute approximate surface area is 119 Å². The number of carbonyl (C=O) groups is 1. The molecule has 1 amide bonds. The smallest absolute Gasteiger partial charge is 0.382 e. The Hall–Kier alpha value is -2.11. The number of alkyl halides is 3. The van der Waals surface area contributed by atoms with Crippen molar-refractivity contribution in [2.24, 2.45) is 0 Å². The number of nitrogens with zero attached hydrogens (tertiary/aromatic N) is 2. The molecule has 0 aliphatic rings. The summed E-state index contributed by atoms with van der Waals surface area (Å²) in [5.74, 6) is -0.540. The number of amides is 1. The molecular formula is C13H14F3N3O2. The van der Waals surface area contributed by atoms with E-state index in [0.717, 1.165) is 4.90 Å². The summed E-state index contributed by atoms with van der Waals surface area (Å²) in [5.41, 5.74) is 0.734. The Kier molecular flexibility index (Phi) is 5.69. The second-order valence-corrected chi connectivity index (χ2v) is 4.49. The van der Waals surface area contributed by atoms with Crippen molar-refractivity contribution in [3.05, 3.63) is 29.8 Å². The first-order chi connectivity index (χ1) is 9.72. The van der Waals surface area contributed by atoms with E-state index in [1.54, 1.807) is 18.2 Å². The lowest BCUT2D eigenvalue weighted by Crippen LogP contribution is -2.42. The largest absolute Gasteiger partial charge is 0.415 e. The van der Waals surface area contributed by atoms with Gasteiger partial charge in [-0.2, -0.15) is 18.4 Å². The van der Waals surface area contributed by atoms with Crippen molar-refractivity contribution in [2.75, 3.05) is 25.5 Å². The van der Waals surface area contributed by atoms with Gasteiger partial charge in [0, 0.05) is 12.2 Å². The van der Waals surface area contributed by atoms with Gasteiger partial charge in [-0.25, -0.2) is 0 Å². The molecule has 1 unspecified atom stereocenters. The summed E-state index contributed by atoms with van der Waals surface area (Å²) in [6, 6.07) is 8.04. The van der Waals surface area contributed by atoms with Gasteiger partial charge in [0.05, 0.1) is 18.2 Å². The van der Waals surface area contributed by atoms with Crippen LogP contribution in [-0.2, 0) is 4.79 Å². The molecule has 0 heterocycles. The molecule has 5 nitrogen and oxygen atoms in total. The molecule has 0 radical (unpaired) electrons. The van der Waals surface area contributed by atoms with Crippen LogP contribution in [0.5, 0.6) is 0 Å². The van der Waals surface area contributed by atoms with Crippen LogP contribution < -0.4 is 5.32 Å². The maximum Gasteiger partial charge on any atom is 0.415 e. The first kappa shape index (κ1) is 16.9. The predicted molar refractivity (Wildman–Crippen MR) is 69.3 cm³/mol. The van der Waals surface area contributed by atoms with Crippen LogP contribution >= 0.6 is 0 Å². The molecule has 2 N–H and O–H groups in total. The summed E-state index contributed by atoms with van der Waals surface area (Å²) < 4.78 is 36.5. The highest BCUT2D eigenvalue weighted by atomic mass is 19.4. The number of hydrogen-bond acceptors (Lipinski definition) is 4. The fraction of sp³-hybridized carbons (Fsp3) is 0.385. The molecule has 0 saturated carbocycles. The van der Waals surface area contributed by atoms with Crippen molar-refractivity contribution in [2.45, 2.75) is 12.3 Å². The second kappa shape index (κ2) is 7.06. The summed E-state index contributed by atoms with van der Waals surface area (Å²) in [4.78, 5) is 12.7. The minimum Gasteiger partial charge on any atom is -0.382 e. The Morgan fingerprint density at radius 1 is 1.52 bits per heavy atom. The van der Waals surface area contributed by atoms with E-state index in [1.807, 2.05) is 6.07 Å². The zero-order valence-corrected chi connectivity index (χ0v) is 11.2.